The monoisotopic (exact) mass is 309 g/mol. The van der Waals surface area contributed by atoms with Crippen LogP contribution in [-0.4, -0.2) is 15.6 Å². The second-order valence-electron chi connectivity index (χ2n) is 4.04. The minimum atomic E-state index is -0.840. The highest BCUT2D eigenvalue weighted by Gasteiger charge is 2.04. The SMILES string of the molecule is O=C(O)CCCn1ccc2cc(Br)ccc2c1=O. The summed E-state index contributed by atoms with van der Waals surface area (Å²) in [6.07, 6.45) is 2.24. The first kappa shape index (κ1) is 12.8. The maximum atomic E-state index is 12.1. The number of carboxylic acid groups (broad SMARTS) is 1. The Morgan fingerprint density at radius 1 is 1.33 bits per heavy atom. The van der Waals surface area contributed by atoms with Crippen LogP contribution < -0.4 is 5.56 Å². The van der Waals surface area contributed by atoms with Crippen LogP contribution in [0.2, 0.25) is 0 Å². The number of aromatic nitrogens is 1. The first-order chi connectivity index (χ1) is 8.58. The van der Waals surface area contributed by atoms with Gasteiger partial charge in [-0.25, -0.2) is 0 Å². The number of pyridine rings is 1. The lowest BCUT2D eigenvalue weighted by molar-refractivity contribution is -0.137. The maximum Gasteiger partial charge on any atom is 0.303 e. The lowest BCUT2D eigenvalue weighted by Gasteiger charge is -2.06. The van der Waals surface area contributed by atoms with Gasteiger partial charge < -0.3 is 9.67 Å². The first-order valence-corrected chi connectivity index (χ1v) is 6.38. The number of halogens is 1. The van der Waals surface area contributed by atoms with Gasteiger partial charge in [-0.1, -0.05) is 15.9 Å². The fraction of sp³-hybridized carbons (Fsp3) is 0.231. The van der Waals surface area contributed by atoms with E-state index in [4.69, 9.17) is 5.11 Å². The van der Waals surface area contributed by atoms with Crippen LogP contribution in [0.15, 0.2) is 39.7 Å². The highest BCUT2D eigenvalue weighted by atomic mass is 79.9. The number of benzene rings is 1. The van der Waals surface area contributed by atoms with E-state index >= 15 is 0 Å². The molecule has 5 heteroatoms. The summed E-state index contributed by atoms with van der Waals surface area (Å²) in [5.41, 5.74) is -0.0783. The van der Waals surface area contributed by atoms with Crippen LogP contribution in [0.3, 0.4) is 0 Å². The van der Waals surface area contributed by atoms with Crippen molar-refractivity contribution in [1.29, 1.82) is 0 Å². The highest BCUT2D eigenvalue weighted by molar-refractivity contribution is 9.10. The van der Waals surface area contributed by atoms with Crippen LogP contribution in [0, 0.1) is 0 Å². The summed E-state index contributed by atoms with van der Waals surface area (Å²) in [4.78, 5) is 22.5. The largest absolute Gasteiger partial charge is 0.481 e. The van der Waals surface area contributed by atoms with Gasteiger partial charge in [0.05, 0.1) is 0 Å². The molecule has 1 aromatic carbocycles. The van der Waals surface area contributed by atoms with E-state index in [9.17, 15) is 9.59 Å². The van der Waals surface area contributed by atoms with Gasteiger partial charge in [-0.2, -0.15) is 0 Å². The number of carbonyl (C=O) groups is 1. The molecule has 2 rings (SSSR count). The van der Waals surface area contributed by atoms with Crippen molar-refractivity contribution < 1.29 is 9.90 Å². The molecule has 1 aromatic heterocycles. The van der Waals surface area contributed by atoms with Crippen LogP contribution in [0.25, 0.3) is 10.8 Å². The number of aryl methyl sites for hydroxylation is 1. The lowest BCUT2D eigenvalue weighted by atomic mass is 10.2. The van der Waals surface area contributed by atoms with E-state index in [-0.39, 0.29) is 12.0 Å². The third kappa shape index (κ3) is 2.79. The summed E-state index contributed by atoms with van der Waals surface area (Å²) >= 11 is 3.36. The third-order valence-electron chi connectivity index (χ3n) is 2.73. The fourth-order valence-electron chi connectivity index (χ4n) is 1.84. The van der Waals surface area contributed by atoms with Crippen LogP contribution >= 0.6 is 15.9 Å². The average Bonchev–Trinajstić information content (AvgIpc) is 2.31. The zero-order valence-electron chi connectivity index (χ0n) is 9.60. The number of hydrogen-bond donors (Lipinski definition) is 1. The molecule has 0 bridgehead atoms. The molecular weight excluding hydrogens is 298 g/mol. The Kier molecular flexibility index (Phi) is 3.81. The smallest absolute Gasteiger partial charge is 0.303 e. The molecular formula is C13H12BrNO3. The number of aliphatic carboxylic acids is 1. The van der Waals surface area contributed by atoms with Crippen molar-refractivity contribution in [2.45, 2.75) is 19.4 Å². The highest BCUT2D eigenvalue weighted by Crippen LogP contribution is 2.16. The molecule has 0 aliphatic carbocycles. The predicted molar refractivity (Wildman–Crippen MR) is 72.8 cm³/mol. The van der Waals surface area contributed by atoms with Crippen molar-refractivity contribution in [2.75, 3.05) is 0 Å². The molecule has 0 aliphatic heterocycles. The molecule has 18 heavy (non-hydrogen) atoms. The predicted octanol–water partition coefficient (Wildman–Crippen LogP) is 2.63. The summed E-state index contributed by atoms with van der Waals surface area (Å²) in [5.74, 6) is -0.840. The molecule has 0 radical (unpaired) electrons. The van der Waals surface area contributed by atoms with E-state index in [0.29, 0.717) is 18.4 Å². The van der Waals surface area contributed by atoms with Crippen molar-refractivity contribution in [3.05, 3.63) is 45.3 Å². The van der Waals surface area contributed by atoms with E-state index in [1.165, 1.54) is 0 Å². The van der Waals surface area contributed by atoms with Gasteiger partial charge in [0, 0.05) is 29.0 Å². The number of carboxylic acids is 1. The van der Waals surface area contributed by atoms with E-state index in [0.717, 1.165) is 9.86 Å². The maximum absolute atomic E-state index is 12.1. The Labute approximate surface area is 112 Å². The Bertz CT molecular complexity index is 648. The molecule has 2 aromatic rings. The fourth-order valence-corrected chi connectivity index (χ4v) is 2.21. The average molecular weight is 310 g/mol. The molecule has 0 fully saturated rings. The molecule has 0 spiro atoms. The molecule has 0 amide bonds. The summed E-state index contributed by atoms with van der Waals surface area (Å²) in [6.45, 7) is 0.428. The van der Waals surface area contributed by atoms with E-state index in [2.05, 4.69) is 15.9 Å². The van der Waals surface area contributed by atoms with Crippen molar-refractivity contribution in [1.82, 2.24) is 4.57 Å². The molecule has 0 unspecified atom stereocenters. The minimum Gasteiger partial charge on any atom is -0.481 e. The van der Waals surface area contributed by atoms with Crippen LogP contribution in [0.5, 0.6) is 0 Å². The Hall–Kier alpha value is -1.62. The molecule has 94 valence electrons. The Balaban J connectivity index is 2.30. The minimum absolute atomic E-state index is 0.0742. The molecule has 0 saturated heterocycles. The quantitative estimate of drug-likeness (QED) is 0.944. The van der Waals surface area contributed by atoms with Crippen LogP contribution in [0.1, 0.15) is 12.8 Å². The van der Waals surface area contributed by atoms with Gasteiger partial charge in [0.15, 0.2) is 0 Å². The molecule has 0 aliphatic rings. The molecule has 1 N–H and O–H groups in total. The second kappa shape index (κ2) is 5.35. The number of rotatable bonds is 4. The Morgan fingerprint density at radius 3 is 2.83 bits per heavy atom. The van der Waals surface area contributed by atoms with E-state index in [1.807, 2.05) is 18.2 Å². The molecule has 0 saturated carbocycles. The van der Waals surface area contributed by atoms with Crippen molar-refractivity contribution in [3.63, 3.8) is 0 Å². The van der Waals surface area contributed by atoms with Crippen molar-refractivity contribution >= 4 is 32.7 Å². The standard InChI is InChI=1S/C13H12BrNO3/c14-10-3-4-11-9(8-10)5-7-15(13(11)18)6-1-2-12(16)17/h3-5,7-8H,1-2,6H2,(H,16,17). The van der Waals surface area contributed by atoms with Gasteiger partial charge in [0.2, 0.25) is 0 Å². The van der Waals surface area contributed by atoms with E-state index in [1.54, 1.807) is 16.8 Å². The lowest BCUT2D eigenvalue weighted by Crippen LogP contribution is -2.19. The van der Waals surface area contributed by atoms with Gasteiger partial charge in [0.25, 0.3) is 5.56 Å². The van der Waals surface area contributed by atoms with E-state index < -0.39 is 5.97 Å². The van der Waals surface area contributed by atoms with Crippen LogP contribution in [0.4, 0.5) is 0 Å². The first-order valence-electron chi connectivity index (χ1n) is 5.58. The summed E-state index contributed by atoms with van der Waals surface area (Å²) in [6, 6.07) is 7.35. The molecule has 0 atom stereocenters. The summed E-state index contributed by atoms with van der Waals surface area (Å²) in [7, 11) is 0. The summed E-state index contributed by atoms with van der Waals surface area (Å²) in [5, 5.41) is 10.1. The van der Waals surface area contributed by atoms with Gasteiger partial charge in [-0.05, 0) is 36.1 Å². The van der Waals surface area contributed by atoms with Gasteiger partial charge in [-0.3, -0.25) is 9.59 Å². The normalized spacial score (nSPS) is 10.7. The zero-order valence-corrected chi connectivity index (χ0v) is 11.2. The summed E-state index contributed by atoms with van der Waals surface area (Å²) < 4.78 is 2.48. The number of hydrogen-bond acceptors (Lipinski definition) is 2. The van der Waals surface area contributed by atoms with Gasteiger partial charge >= 0.3 is 5.97 Å². The number of fused-ring (bicyclic) bond motifs is 1. The van der Waals surface area contributed by atoms with Crippen molar-refractivity contribution in [3.8, 4) is 0 Å². The topological polar surface area (TPSA) is 59.3 Å². The molecule has 4 nitrogen and oxygen atoms in total. The second-order valence-corrected chi connectivity index (χ2v) is 4.96. The van der Waals surface area contributed by atoms with Gasteiger partial charge in [0.1, 0.15) is 0 Å². The number of nitrogens with zero attached hydrogens (tertiary/aromatic N) is 1. The Morgan fingerprint density at radius 2 is 2.11 bits per heavy atom. The van der Waals surface area contributed by atoms with Crippen molar-refractivity contribution in [2.24, 2.45) is 0 Å². The van der Waals surface area contributed by atoms with Crippen LogP contribution in [-0.2, 0) is 11.3 Å². The zero-order chi connectivity index (χ0) is 13.1. The molecule has 1 heterocycles. The van der Waals surface area contributed by atoms with Gasteiger partial charge in [-0.15, -0.1) is 0 Å². The third-order valence-corrected chi connectivity index (χ3v) is 3.22.